The van der Waals surface area contributed by atoms with Crippen LogP contribution in [0.1, 0.15) is 82.5 Å². The number of nitrogens with one attached hydrogen (secondary N) is 2. The molecule has 0 bridgehead atoms. The highest BCUT2D eigenvalue weighted by Crippen LogP contribution is 2.18. The third-order valence-corrected chi connectivity index (χ3v) is 8.69. The van der Waals surface area contributed by atoms with Gasteiger partial charge in [-0.2, -0.15) is 0 Å². The first-order chi connectivity index (χ1) is 22.9. The number of anilines is 2. The van der Waals surface area contributed by atoms with E-state index in [-0.39, 0.29) is 11.8 Å². The number of carbonyl (C=O) groups is 2. The topological polar surface area (TPSA) is 58.2 Å². The van der Waals surface area contributed by atoms with Crippen LogP contribution < -0.4 is 10.6 Å². The summed E-state index contributed by atoms with van der Waals surface area (Å²) in [6.07, 6.45) is 8.88. The molecule has 0 unspecified atom stereocenters. The number of carbonyl (C=O) groups excluding carboxylic acids is 2. The number of unbranched alkanes of at least 4 members (excludes halogenated alkanes) is 2. The van der Waals surface area contributed by atoms with Crippen molar-refractivity contribution < 1.29 is 18.6 Å². The minimum absolute atomic E-state index is 0.116. The summed E-state index contributed by atoms with van der Waals surface area (Å²) < 4.78 is 1.88. The van der Waals surface area contributed by atoms with Gasteiger partial charge < -0.3 is 19.6 Å². The van der Waals surface area contributed by atoms with E-state index < -0.39 is 0 Å². The van der Waals surface area contributed by atoms with Crippen molar-refractivity contribution in [2.24, 2.45) is 0 Å². The second-order valence-electron chi connectivity index (χ2n) is 14.2. The molecule has 0 saturated carbocycles. The Morgan fingerprint density at radius 2 is 0.854 bits per heavy atom. The fourth-order valence-corrected chi connectivity index (χ4v) is 5.80. The molecule has 2 N–H and O–H groups in total. The zero-order chi connectivity index (χ0) is 34.6. The maximum Gasteiger partial charge on any atom is 0.255 e. The van der Waals surface area contributed by atoms with E-state index in [9.17, 15) is 9.59 Å². The first-order valence-corrected chi connectivity index (χ1v) is 17.3. The molecule has 4 rings (SSSR count). The number of hydrogen-bond donors (Lipinski definition) is 2. The fourth-order valence-electron chi connectivity index (χ4n) is 5.80. The van der Waals surface area contributed by atoms with Crippen LogP contribution in [-0.2, 0) is 13.1 Å². The summed E-state index contributed by atoms with van der Waals surface area (Å²) in [6.45, 7) is 8.62. The lowest BCUT2D eigenvalue weighted by Gasteiger charge is -2.29. The van der Waals surface area contributed by atoms with Gasteiger partial charge in [0.1, 0.15) is 13.1 Å². The average Bonchev–Trinajstić information content (AvgIpc) is 3.07. The highest BCUT2D eigenvalue weighted by Gasteiger charge is 2.17. The van der Waals surface area contributed by atoms with Crippen LogP contribution in [0.25, 0.3) is 12.2 Å². The molecule has 4 aromatic carbocycles. The van der Waals surface area contributed by atoms with Gasteiger partial charge in [0, 0.05) is 33.6 Å². The average molecular weight is 647 g/mol. The Labute approximate surface area is 288 Å². The van der Waals surface area contributed by atoms with Crippen LogP contribution in [0.15, 0.2) is 97.1 Å². The number of nitrogens with zero attached hydrogens (tertiary/aromatic N) is 2. The van der Waals surface area contributed by atoms with Crippen molar-refractivity contribution >= 4 is 35.3 Å². The zero-order valence-corrected chi connectivity index (χ0v) is 29.8. The van der Waals surface area contributed by atoms with E-state index >= 15 is 0 Å². The van der Waals surface area contributed by atoms with Crippen molar-refractivity contribution in [1.82, 2.24) is 0 Å². The third kappa shape index (κ3) is 11.6. The zero-order valence-electron chi connectivity index (χ0n) is 29.8. The second kappa shape index (κ2) is 17.0. The van der Waals surface area contributed by atoms with Crippen LogP contribution in [0.2, 0.25) is 0 Å². The standard InChI is InChI=1S/C42H52N4O2/c1-7-9-29-45(3,4)31-35-13-21-37(22-14-35)41(47)43-39-25-17-33(18-26-39)11-12-34-19-27-40(28-20-34)44-42(48)38-23-15-36(16-24-38)32-46(5,6)30-10-8-2/h11-28H,7-10,29-32H2,1-6H3/p+2/b12-11+. The number of amides is 2. The van der Waals surface area contributed by atoms with Crippen molar-refractivity contribution in [2.45, 2.75) is 52.6 Å². The SMILES string of the molecule is CCCC[N+](C)(C)Cc1ccc(C(=O)Nc2ccc(/C=C/c3ccc(NC(=O)c4ccc(C[N+](C)(C)CCCC)cc4)cc3)cc2)cc1. The van der Waals surface area contributed by atoms with Crippen molar-refractivity contribution in [3.63, 3.8) is 0 Å². The molecule has 0 atom stereocenters. The molecule has 0 aliphatic heterocycles. The van der Waals surface area contributed by atoms with Gasteiger partial charge in [0.25, 0.3) is 11.8 Å². The Hall–Kier alpha value is -4.52. The van der Waals surface area contributed by atoms with Crippen molar-refractivity contribution in [3.8, 4) is 0 Å². The predicted molar refractivity (Wildman–Crippen MR) is 202 cm³/mol. The molecular formula is C42H54N4O2+2. The lowest BCUT2D eigenvalue weighted by molar-refractivity contribution is -0.903. The Balaban J connectivity index is 1.25. The third-order valence-electron chi connectivity index (χ3n) is 8.69. The predicted octanol–water partition coefficient (Wildman–Crippen LogP) is 9.11. The molecule has 252 valence electrons. The highest BCUT2D eigenvalue weighted by atomic mass is 16.2. The van der Waals surface area contributed by atoms with E-state index in [1.54, 1.807) is 0 Å². The molecule has 6 heteroatoms. The molecule has 48 heavy (non-hydrogen) atoms. The molecule has 0 aliphatic carbocycles. The van der Waals surface area contributed by atoms with Gasteiger partial charge in [0.15, 0.2) is 0 Å². The minimum atomic E-state index is -0.116. The Bertz CT molecular complexity index is 1510. The fraction of sp³-hybridized carbons (Fsp3) is 0.333. The van der Waals surface area contributed by atoms with Gasteiger partial charge in [-0.15, -0.1) is 0 Å². The number of rotatable bonds is 16. The van der Waals surface area contributed by atoms with Crippen LogP contribution >= 0.6 is 0 Å². The lowest BCUT2D eigenvalue weighted by Crippen LogP contribution is -2.39. The van der Waals surface area contributed by atoms with Crippen LogP contribution in [0.3, 0.4) is 0 Å². The van der Waals surface area contributed by atoms with Crippen molar-refractivity contribution in [3.05, 3.63) is 130 Å². The van der Waals surface area contributed by atoms with Crippen LogP contribution in [0, 0.1) is 0 Å². The summed E-state index contributed by atoms with van der Waals surface area (Å²) >= 11 is 0. The summed E-state index contributed by atoms with van der Waals surface area (Å²) in [5, 5.41) is 6.01. The van der Waals surface area contributed by atoms with Gasteiger partial charge in [-0.1, -0.05) is 87.4 Å². The largest absolute Gasteiger partial charge is 0.325 e. The monoisotopic (exact) mass is 646 g/mol. The van der Waals surface area contributed by atoms with Gasteiger partial charge in [-0.05, 0) is 72.5 Å². The first kappa shape index (κ1) is 36.3. The molecule has 0 heterocycles. The highest BCUT2D eigenvalue weighted by molar-refractivity contribution is 6.05. The van der Waals surface area contributed by atoms with Gasteiger partial charge >= 0.3 is 0 Å². The maximum absolute atomic E-state index is 12.9. The van der Waals surface area contributed by atoms with E-state index in [1.165, 1.54) is 36.8 Å². The number of quaternary nitrogens is 2. The van der Waals surface area contributed by atoms with Crippen molar-refractivity contribution in [2.75, 3.05) is 51.9 Å². The summed E-state index contributed by atoms with van der Waals surface area (Å²) in [5.41, 5.74) is 7.32. The molecule has 0 saturated heterocycles. The van der Waals surface area contributed by atoms with E-state index in [2.05, 4.69) is 76.9 Å². The number of hydrogen-bond acceptors (Lipinski definition) is 2. The second-order valence-corrected chi connectivity index (χ2v) is 14.2. The van der Waals surface area contributed by atoms with Gasteiger partial charge in [0.2, 0.25) is 0 Å². The van der Waals surface area contributed by atoms with Crippen molar-refractivity contribution in [1.29, 1.82) is 0 Å². The Morgan fingerprint density at radius 3 is 1.17 bits per heavy atom. The molecule has 0 spiro atoms. The molecule has 6 nitrogen and oxygen atoms in total. The lowest BCUT2D eigenvalue weighted by atomic mass is 10.1. The Kier molecular flexibility index (Phi) is 12.9. The molecule has 0 fully saturated rings. The minimum Gasteiger partial charge on any atom is -0.325 e. The van der Waals surface area contributed by atoms with E-state index in [0.29, 0.717) is 11.1 Å². The smallest absolute Gasteiger partial charge is 0.255 e. The molecular weight excluding hydrogens is 592 g/mol. The van der Waals surface area contributed by atoms with Gasteiger partial charge in [0.05, 0.1) is 41.3 Å². The van der Waals surface area contributed by atoms with Crippen LogP contribution in [-0.4, -0.2) is 62.1 Å². The van der Waals surface area contributed by atoms with Crippen LogP contribution in [0.4, 0.5) is 11.4 Å². The molecule has 0 radical (unpaired) electrons. The summed E-state index contributed by atoms with van der Waals surface area (Å²) in [6, 6.07) is 31.5. The molecule has 2 amide bonds. The van der Waals surface area contributed by atoms with Crippen LogP contribution in [0.5, 0.6) is 0 Å². The normalized spacial score (nSPS) is 11.9. The van der Waals surface area contributed by atoms with E-state index in [0.717, 1.165) is 57.6 Å². The molecule has 0 aromatic heterocycles. The molecule has 0 aliphatic rings. The van der Waals surface area contributed by atoms with Gasteiger partial charge in [-0.3, -0.25) is 9.59 Å². The first-order valence-electron chi connectivity index (χ1n) is 17.3. The quantitative estimate of drug-likeness (QED) is 0.0943. The van der Waals surface area contributed by atoms with E-state index in [4.69, 9.17) is 0 Å². The number of benzene rings is 4. The maximum atomic E-state index is 12.9. The summed E-state index contributed by atoms with van der Waals surface area (Å²) in [4.78, 5) is 25.7. The van der Waals surface area contributed by atoms with Gasteiger partial charge in [-0.25, -0.2) is 0 Å². The Morgan fingerprint density at radius 1 is 0.521 bits per heavy atom. The molecule has 4 aromatic rings. The van der Waals surface area contributed by atoms with E-state index in [1.807, 2.05) is 84.9 Å². The summed E-state index contributed by atoms with van der Waals surface area (Å²) in [5.74, 6) is -0.232. The summed E-state index contributed by atoms with van der Waals surface area (Å²) in [7, 11) is 9.01.